The summed E-state index contributed by atoms with van der Waals surface area (Å²) in [5.74, 6) is 0.279. The van der Waals surface area contributed by atoms with E-state index in [9.17, 15) is 9.90 Å². The van der Waals surface area contributed by atoms with Crippen LogP contribution >= 0.6 is 11.8 Å². The van der Waals surface area contributed by atoms with Gasteiger partial charge in [-0.25, -0.2) is 0 Å². The lowest BCUT2D eigenvalue weighted by Crippen LogP contribution is -2.23. The Bertz CT molecular complexity index is 762. The van der Waals surface area contributed by atoms with Gasteiger partial charge in [-0.3, -0.25) is 0 Å². The van der Waals surface area contributed by atoms with E-state index in [1.807, 2.05) is 6.92 Å². The second kappa shape index (κ2) is 8.43. The number of carboxylic acids is 1. The van der Waals surface area contributed by atoms with E-state index in [4.69, 9.17) is 18.6 Å². The molecule has 25 heavy (non-hydrogen) atoms. The predicted octanol–water partition coefficient (Wildman–Crippen LogP) is 1.54. The van der Waals surface area contributed by atoms with Crippen LogP contribution in [0.1, 0.15) is 18.4 Å². The van der Waals surface area contributed by atoms with Crippen LogP contribution in [-0.4, -0.2) is 37.5 Å². The molecule has 0 unspecified atom stereocenters. The van der Waals surface area contributed by atoms with Gasteiger partial charge in [0.25, 0.3) is 5.22 Å². The Morgan fingerprint density at radius 2 is 1.84 bits per heavy atom. The van der Waals surface area contributed by atoms with Gasteiger partial charge in [0.05, 0.1) is 27.3 Å². The average molecular weight is 365 g/mol. The zero-order valence-corrected chi connectivity index (χ0v) is 15.0. The summed E-state index contributed by atoms with van der Waals surface area (Å²) < 4.78 is 21.1. The SMILES string of the molecule is CCc1nnc(S/C(=C/c2cc(OC)c(OC)c(OC)c2)C(=O)[O-])o1. The lowest BCUT2D eigenvalue weighted by Gasteiger charge is -2.13. The van der Waals surface area contributed by atoms with Crippen LogP contribution in [0.4, 0.5) is 0 Å². The minimum absolute atomic E-state index is 0.0967. The van der Waals surface area contributed by atoms with Crippen molar-refractivity contribution in [3.8, 4) is 17.2 Å². The smallest absolute Gasteiger partial charge is 0.281 e. The van der Waals surface area contributed by atoms with Crippen molar-refractivity contribution < 1.29 is 28.5 Å². The lowest BCUT2D eigenvalue weighted by molar-refractivity contribution is -0.298. The van der Waals surface area contributed by atoms with Gasteiger partial charge in [-0.2, -0.15) is 0 Å². The number of aryl methyl sites for hydroxylation is 1. The Morgan fingerprint density at radius 1 is 1.20 bits per heavy atom. The van der Waals surface area contributed by atoms with E-state index in [2.05, 4.69) is 10.2 Å². The van der Waals surface area contributed by atoms with E-state index in [-0.39, 0.29) is 10.1 Å². The zero-order chi connectivity index (χ0) is 18.4. The summed E-state index contributed by atoms with van der Waals surface area (Å²) in [6, 6.07) is 3.24. The molecule has 1 aromatic carbocycles. The maximum absolute atomic E-state index is 11.4. The molecule has 0 aliphatic carbocycles. The number of carbonyl (C=O) groups is 1. The lowest BCUT2D eigenvalue weighted by atomic mass is 10.1. The van der Waals surface area contributed by atoms with Crippen molar-refractivity contribution >= 4 is 23.8 Å². The third kappa shape index (κ3) is 4.44. The fourth-order valence-corrected chi connectivity index (χ4v) is 2.67. The summed E-state index contributed by atoms with van der Waals surface area (Å²) in [4.78, 5) is 11.3. The van der Waals surface area contributed by atoms with Gasteiger partial charge in [0.2, 0.25) is 11.6 Å². The maximum atomic E-state index is 11.4. The second-order valence-corrected chi connectivity index (χ2v) is 5.67. The van der Waals surface area contributed by atoms with Crippen molar-refractivity contribution in [1.29, 1.82) is 0 Å². The van der Waals surface area contributed by atoms with Gasteiger partial charge in [0, 0.05) is 11.3 Å². The van der Waals surface area contributed by atoms with Crippen LogP contribution in [-0.2, 0) is 11.2 Å². The number of nitrogens with zero attached hydrogens (tertiary/aromatic N) is 2. The van der Waals surface area contributed by atoms with Crippen molar-refractivity contribution in [3.05, 3.63) is 28.5 Å². The van der Waals surface area contributed by atoms with Gasteiger partial charge < -0.3 is 28.5 Å². The van der Waals surface area contributed by atoms with Crippen LogP contribution in [0.3, 0.4) is 0 Å². The Morgan fingerprint density at radius 3 is 2.28 bits per heavy atom. The molecular formula is C16H17N2O6S-. The van der Waals surface area contributed by atoms with E-state index < -0.39 is 5.97 Å². The molecule has 0 saturated carbocycles. The number of hydrogen-bond acceptors (Lipinski definition) is 9. The number of carboxylic acid groups (broad SMARTS) is 1. The van der Waals surface area contributed by atoms with Crippen LogP contribution < -0.4 is 19.3 Å². The van der Waals surface area contributed by atoms with Crippen LogP contribution in [0, 0.1) is 0 Å². The normalized spacial score (nSPS) is 11.3. The van der Waals surface area contributed by atoms with Gasteiger partial charge in [0.15, 0.2) is 11.5 Å². The topological polar surface area (TPSA) is 107 Å². The second-order valence-electron chi connectivity index (χ2n) is 4.67. The molecule has 0 spiro atoms. The number of aliphatic carboxylic acids is 1. The minimum Gasteiger partial charge on any atom is -0.544 e. The van der Waals surface area contributed by atoms with Gasteiger partial charge in [-0.15, -0.1) is 10.2 Å². The van der Waals surface area contributed by atoms with Crippen molar-refractivity contribution in [3.63, 3.8) is 0 Å². The summed E-state index contributed by atoms with van der Waals surface area (Å²) in [7, 11) is 4.44. The summed E-state index contributed by atoms with van der Waals surface area (Å²) >= 11 is 0.811. The highest BCUT2D eigenvalue weighted by Crippen LogP contribution is 2.39. The fraction of sp³-hybridized carbons (Fsp3) is 0.312. The Labute approximate surface area is 148 Å². The van der Waals surface area contributed by atoms with Gasteiger partial charge in [0.1, 0.15) is 0 Å². The quantitative estimate of drug-likeness (QED) is 0.508. The molecule has 1 heterocycles. The van der Waals surface area contributed by atoms with Crippen molar-refractivity contribution in [2.45, 2.75) is 18.6 Å². The highest BCUT2D eigenvalue weighted by molar-refractivity contribution is 8.03. The molecule has 0 bridgehead atoms. The highest BCUT2D eigenvalue weighted by Gasteiger charge is 2.14. The largest absolute Gasteiger partial charge is 0.544 e. The summed E-state index contributed by atoms with van der Waals surface area (Å²) in [5.41, 5.74) is 0.524. The highest BCUT2D eigenvalue weighted by atomic mass is 32.2. The monoisotopic (exact) mass is 365 g/mol. The van der Waals surface area contributed by atoms with Crippen LogP contribution in [0.2, 0.25) is 0 Å². The number of thioether (sulfide) groups is 1. The molecular weight excluding hydrogens is 348 g/mol. The van der Waals surface area contributed by atoms with Crippen LogP contribution in [0.25, 0.3) is 6.08 Å². The zero-order valence-electron chi connectivity index (χ0n) is 14.2. The molecule has 0 N–H and O–H groups in total. The predicted molar refractivity (Wildman–Crippen MR) is 88.6 cm³/mol. The number of ether oxygens (including phenoxy) is 3. The van der Waals surface area contributed by atoms with Crippen molar-refractivity contribution in [2.75, 3.05) is 21.3 Å². The number of rotatable bonds is 8. The molecule has 8 nitrogen and oxygen atoms in total. The van der Waals surface area contributed by atoms with Crippen LogP contribution in [0.5, 0.6) is 17.2 Å². The Kier molecular flexibility index (Phi) is 6.29. The molecule has 2 aromatic rings. The first-order valence-corrected chi connectivity index (χ1v) is 8.07. The Balaban J connectivity index is 2.40. The fourth-order valence-electron chi connectivity index (χ4n) is 1.98. The molecule has 134 valence electrons. The van der Waals surface area contributed by atoms with Crippen LogP contribution in [0.15, 0.2) is 26.7 Å². The summed E-state index contributed by atoms with van der Waals surface area (Å²) in [6.07, 6.45) is 1.96. The maximum Gasteiger partial charge on any atom is 0.281 e. The molecule has 1 aromatic heterocycles. The first-order valence-electron chi connectivity index (χ1n) is 7.25. The standard InChI is InChI=1S/C16H18N2O6S/c1-5-13-17-18-16(24-13)25-12(15(19)20)8-9-6-10(21-2)14(23-4)11(7-9)22-3/h6-8H,5H2,1-4H3,(H,19,20)/p-1/b12-8+. The molecule has 0 atom stereocenters. The summed E-state index contributed by atoms with van der Waals surface area (Å²) in [5, 5.41) is 19.2. The first-order chi connectivity index (χ1) is 12.0. The summed E-state index contributed by atoms with van der Waals surface area (Å²) in [6.45, 7) is 1.85. The number of methoxy groups -OCH3 is 3. The average Bonchev–Trinajstić information content (AvgIpc) is 3.07. The minimum atomic E-state index is -1.37. The molecule has 0 aliphatic heterocycles. The Hall–Kier alpha value is -2.68. The van der Waals surface area contributed by atoms with Gasteiger partial charge in [-0.05, 0) is 35.5 Å². The first kappa shape index (κ1) is 18.7. The molecule has 0 aliphatic rings. The number of carbonyl (C=O) groups excluding carboxylic acids is 1. The molecule has 0 saturated heterocycles. The van der Waals surface area contributed by atoms with Gasteiger partial charge in [-0.1, -0.05) is 6.92 Å². The molecule has 2 rings (SSSR count). The molecule has 0 radical (unpaired) electrons. The van der Waals surface area contributed by atoms with E-state index in [1.165, 1.54) is 27.4 Å². The molecule has 0 amide bonds. The third-order valence-corrected chi connectivity index (χ3v) is 3.98. The third-order valence-electron chi connectivity index (χ3n) is 3.13. The van der Waals surface area contributed by atoms with E-state index in [0.29, 0.717) is 35.1 Å². The van der Waals surface area contributed by atoms with E-state index in [1.54, 1.807) is 12.1 Å². The van der Waals surface area contributed by atoms with Crippen molar-refractivity contribution in [2.24, 2.45) is 0 Å². The van der Waals surface area contributed by atoms with Gasteiger partial charge >= 0.3 is 0 Å². The number of benzene rings is 1. The van der Waals surface area contributed by atoms with Crippen molar-refractivity contribution in [1.82, 2.24) is 10.2 Å². The number of aromatic nitrogens is 2. The van der Waals surface area contributed by atoms with E-state index in [0.717, 1.165) is 11.8 Å². The molecule has 0 fully saturated rings. The molecule has 9 heteroatoms. The van der Waals surface area contributed by atoms with E-state index >= 15 is 0 Å². The number of hydrogen-bond donors (Lipinski definition) is 0.